The monoisotopic (exact) mass is 285 g/mol. The summed E-state index contributed by atoms with van der Waals surface area (Å²) in [6.45, 7) is 0.121. The Bertz CT molecular complexity index is 569. The summed E-state index contributed by atoms with van der Waals surface area (Å²) in [6, 6.07) is 17.8. The van der Waals surface area contributed by atoms with Crippen LogP contribution in [0, 0.1) is 0 Å². The average Bonchev–Trinajstić information content (AvgIpc) is 2.53. The lowest BCUT2D eigenvalue weighted by Crippen LogP contribution is -2.31. The van der Waals surface area contributed by atoms with Crippen molar-refractivity contribution in [2.75, 3.05) is 19.8 Å². The fraction of sp³-hybridized carbons (Fsp3) is 0.235. The number of hydrogen-bond donors (Lipinski definition) is 2. The van der Waals surface area contributed by atoms with Crippen LogP contribution in [0.3, 0.4) is 0 Å². The number of amides is 1. The van der Waals surface area contributed by atoms with Crippen LogP contribution in [0.2, 0.25) is 0 Å². The van der Waals surface area contributed by atoms with E-state index in [-0.39, 0.29) is 25.7 Å². The van der Waals surface area contributed by atoms with Crippen molar-refractivity contribution >= 4 is 5.91 Å². The van der Waals surface area contributed by atoms with Gasteiger partial charge in [0.25, 0.3) is 5.91 Å². The molecule has 2 aromatic rings. The highest BCUT2D eigenvalue weighted by Crippen LogP contribution is 2.21. The number of aliphatic hydroxyl groups excluding tert-OH is 1. The van der Waals surface area contributed by atoms with E-state index in [0.717, 1.165) is 12.0 Å². The normalized spacial score (nSPS) is 10.1. The molecule has 0 spiro atoms. The lowest BCUT2D eigenvalue weighted by atomic mass is 10.0. The second-order valence-electron chi connectivity index (χ2n) is 4.63. The number of carbonyl (C=O) groups is 1. The molecule has 0 bridgehead atoms. The van der Waals surface area contributed by atoms with Crippen LogP contribution in [-0.4, -0.2) is 30.8 Å². The molecule has 0 saturated heterocycles. The summed E-state index contributed by atoms with van der Waals surface area (Å²) in [5, 5.41) is 11.2. The predicted octanol–water partition coefficient (Wildman–Crippen LogP) is 1.76. The standard InChI is InChI=1S/C17H19NO3/c19-11-10-18-17(20)13-21-16-9-5-4-8-15(16)12-14-6-2-1-3-7-14/h1-9,19H,10-13H2,(H,18,20). The third-order valence-corrected chi connectivity index (χ3v) is 3.00. The van der Waals surface area contributed by atoms with Crippen LogP contribution in [0.4, 0.5) is 0 Å². The van der Waals surface area contributed by atoms with Gasteiger partial charge in [0, 0.05) is 13.0 Å². The largest absolute Gasteiger partial charge is 0.483 e. The number of aliphatic hydroxyl groups is 1. The molecule has 0 aliphatic carbocycles. The fourth-order valence-corrected chi connectivity index (χ4v) is 2.00. The maximum atomic E-state index is 11.5. The first-order valence-electron chi connectivity index (χ1n) is 6.92. The molecule has 1 amide bonds. The van der Waals surface area contributed by atoms with Crippen molar-refractivity contribution in [3.63, 3.8) is 0 Å². The fourth-order valence-electron chi connectivity index (χ4n) is 2.00. The van der Waals surface area contributed by atoms with Crippen molar-refractivity contribution in [1.29, 1.82) is 0 Å². The molecule has 2 rings (SSSR count). The SMILES string of the molecule is O=C(COc1ccccc1Cc1ccccc1)NCCO. The molecule has 21 heavy (non-hydrogen) atoms. The predicted molar refractivity (Wildman–Crippen MR) is 81.3 cm³/mol. The van der Waals surface area contributed by atoms with E-state index < -0.39 is 0 Å². The highest BCUT2D eigenvalue weighted by atomic mass is 16.5. The van der Waals surface area contributed by atoms with Gasteiger partial charge in [0.1, 0.15) is 5.75 Å². The summed E-state index contributed by atoms with van der Waals surface area (Å²) >= 11 is 0. The van der Waals surface area contributed by atoms with E-state index in [1.807, 2.05) is 42.5 Å². The topological polar surface area (TPSA) is 58.6 Å². The minimum absolute atomic E-state index is 0.0498. The third-order valence-electron chi connectivity index (χ3n) is 3.00. The van der Waals surface area contributed by atoms with Gasteiger partial charge in [-0.2, -0.15) is 0 Å². The Morgan fingerprint density at radius 3 is 2.52 bits per heavy atom. The maximum Gasteiger partial charge on any atom is 0.258 e. The summed E-state index contributed by atoms with van der Waals surface area (Å²) in [5.74, 6) is 0.471. The van der Waals surface area contributed by atoms with Crippen LogP contribution >= 0.6 is 0 Å². The van der Waals surface area contributed by atoms with Gasteiger partial charge in [0.2, 0.25) is 0 Å². The number of ether oxygens (including phenoxy) is 1. The molecule has 2 aromatic carbocycles. The lowest BCUT2D eigenvalue weighted by Gasteiger charge is -2.11. The molecule has 0 heterocycles. The molecule has 0 aliphatic rings. The van der Waals surface area contributed by atoms with Gasteiger partial charge in [-0.05, 0) is 17.2 Å². The first-order valence-corrected chi connectivity index (χ1v) is 6.92. The number of rotatable bonds is 7. The molecule has 4 nitrogen and oxygen atoms in total. The minimum Gasteiger partial charge on any atom is -0.483 e. The van der Waals surface area contributed by atoms with Gasteiger partial charge in [-0.15, -0.1) is 0 Å². The van der Waals surface area contributed by atoms with Gasteiger partial charge in [-0.1, -0.05) is 48.5 Å². The second-order valence-corrected chi connectivity index (χ2v) is 4.63. The van der Waals surface area contributed by atoms with Crippen LogP contribution in [-0.2, 0) is 11.2 Å². The van der Waals surface area contributed by atoms with Crippen LogP contribution < -0.4 is 10.1 Å². The van der Waals surface area contributed by atoms with Crippen LogP contribution in [0.15, 0.2) is 54.6 Å². The van der Waals surface area contributed by atoms with E-state index in [2.05, 4.69) is 17.4 Å². The highest BCUT2D eigenvalue weighted by Gasteiger charge is 2.07. The second kappa shape index (κ2) is 8.07. The molecule has 2 N–H and O–H groups in total. The number of para-hydroxylation sites is 1. The van der Waals surface area contributed by atoms with Gasteiger partial charge in [-0.25, -0.2) is 0 Å². The summed E-state index contributed by atoms with van der Waals surface area (Å²) in [7, 11) is 0. The maximum absolute atomic E-state index is 11.5. The molecule has 0 unspecified atom stereocenters. The molecule has 0 atom stereocenters. The number of carbonyl (C=O) groups excluding carboxylic acids is 1. The Labute approximate surface area is 124 Å². The zero-order valence-corrected chi connectivity index (χ0v) is 11.8. The first-order chi connectivity index (χ1) is 10.3. The van der Waals surface area contributed by atoms with Crippen LogP contribution in [0.25, 0.3) is 0 Å². The van der Waals surface area contributed by atoms with Crippen molar-refractivity contribution in [3.8, 4) is 5.75 Å². The zero-order valence-electron chi connectivity index (χ0n) is 11.8. The Hall–Kier alpha value is -2.33. The molecule has 110 valence electrons. The Morgan fingerprint density at radius 2 is 1.76 bits per heavy atom. The molecule has 0 aromatic heterocycles. The average molecular weight is 285 g/mol. The van der Waals surface area contributed by atoms with Gasteiger partial charge < -0.3 is 15.2 Å². The number of hydrogen-bond acceptors (Lipinski definition) is 3. The third kappa shape index (κ3) is 4.93. The number of nitrogens with one attached hydrogen (secondary N) is 1. The van der Waals surface area contributed by atoms with Crippen LogP contribution in [0.5, 0.6) is 5.75 Å². The van der Waals surface area contributed by atoms with Gasteiger partial charge >= 0.3 is 0 Å². The van der Waals surface area contributed by atoms with E-state index in [0.29, 0.717) is 5.75 Å². The Morgan fingerprint density at radius 1 is 1.05 bits per heavy atom. The summed E-state index contributed by atoms with van der Waals surface area (Å²) in [5.41, 5.74) is 2.23. The van der Waals surface area contributed by atoms with Crippen molar-refractivity contribution in [2.45, 2.75) is 6.42 Å². The van der Waals surface area contributed by atoms with E-state index in [9.17, 15) is 4.79 Å². The van der Waals surface area contributed by atoms with E-state index >= 15 is 0 Å². The summed E-state index contributed by atoms with van der Waals surface area (Å²) in [4.78, 5) is 11.5. The Kier molecular flexibility index (Phi) is 5.79. The molecule has 0 radical (unpaired) electrons. The molecule has 4 heteroatoms. The van der Waals surface area contributed by atoms with Crippen molar-refractivity contribution in [1.82, 2.24) is 5.32 Å². The molecule has 0 aliphatic heterocycles. The van der Waals surface area contributed by atoms with Crippen molar-refractivity contribution < 1.29 is 14.6 Å². The van der Waals surface area contributed by atoms with E-state index in [1.54, 1.807) is 0 Å². The van der Waals surface area contributed by atoms with Crippen LogP contribution in [0.1, 0.15) is 11.1 Å². The van der Waals surface area contributed by atoms with Gasteiger partial charge in [0.15, 0.2) is 6.61 Å². The van der Waals surface area contributed by atoms with Gasteiger partial charge in [0.05, 0.1) is 6.61 Å². The Balaban J connectivity index is 1.98. The van der Waals surface area contributed by atoms with Crippen molar-refractivity contribution in [2.24, 2.45) is 0 Å². The first kappa shape index (κ1) is 15.1. The minimum atomic E-state index is -0.237. The molecular formula is C17H19NO3. The van der Waals surface area contributed by atoms with Crippen molar-refractivity contribution in [3.05, 3.63) is 65.7 Å². The number of benzene rings is 2. The molecule has 0 saturated carbocycles. The molecular weight excluding hydrogens is 266 g/mol. The zero-order chi connectivity index (χ0) is 14.9. The molecule has 0 fully saturated rings. The van der Waals surface area contributed by atoms with E-state index in [4.69, 9.17) is 9.84 Å². The van der Waals surface area contributed by atoms with Gasteiger partial charge in [-0.3, -0.25) is 4.79 Å². The lowest BCUT2D eigenvalue weighted by molar-refractivity contribution is -0.123. The highest BCUT2D eigenvalue weighted by molar-refractivity contribution is 5.77. The summed E-state index contributed by atoms with van der Waals surface area (Å²) in [6.07, 6.45) is 0.759. The smallest absolute Gasteiger partial charge is 0.258 e. The summed E-state index contributed by atoms with van der Waals surface area (Å²) < 4.78 is 5.57. The van der Waals surface area contributed by atoms with E-state index in [1.165, 1.54) is 5.56 Å². The quantitative estimate of drug-likeness (QED) is 0.815.